The number of rotatable bonds is 6. The number of benzene rings is 1. The van der Waals surface area contributed by atoms with Crippen molar-refractivity contribution in [2.75, 3.05) is 19.9 Å². The van der Waals surface area contributed by atoms with Crippen molar-refractivity contribution in [2.45, 2.75) is 44.6 Å². The van der Waals surface area contributed by atoms with Crippen molar-refractivity contribution >= 4 is 0 Å². The number of hydrogen-bond donors (Lipinski definition) is 2. The molecule has 1 saturated carbocycles. The number of aryl methyl sites for hydroxylation is 1. The van der Waals surface area contributed by atoms with Gasteiger partial charge in [0.25, 0.3) is 0 Å². The van der Waals surface area contributed by atoms with E-state index >= 15 is 0 Å². The molecule has 1 heterocycles. The first-order chi connectivity index (χ1) is 10.3. The molecule has 0 spiro atoms. The van der Waals surface area contributed by atoms with E-state index < -0.39 is 0 Å². The van der Waals surface area contributed by atoms with Gasteiger partial charge in [-0.15, -0.1) is 0 Å². The maximum Gasteiger partial charge on any atom is 0.231 e. The molecule has 3 N–H and O–H groups in total. The van der Waals surface area contributed by atoms with Gasteiger partial charge in [0.1, 0.15) is 0 Å². The summed E-state index contributed by atoms with van der Waals surface area (Å²) in [5.74, 6) is 2.58. The van der Waals surface area contributed by atoms with Gasteiger partial charge in [0.05, 0.1) is 0 Å². The van der Waals surface area contributed by atoms with Crippen molar-refractivity contribution < 1.29 is 9.47 Å². The third kappa shape index (κ3) is 4.11. The van der Waals surface area contributed by atoms with Gasteiger partial charge in [-0.3, -0.25) is 0 Å². The van der Waals surface area contributed by atoms with Gasteiger partial charge in [-0.1, -0.05) is 6.07 Å². The van der Waals surface area contributed by atoms with Crippen molar-refractivity contribution in [1.29, 1.82) is 0 Å². The highest BCUT2D eigenvalue weighted by Crippen LogP contribution is 2.32. The highest BCUT2D eigenvalue weighted by Gasteiger charge is 2.17. The van der Waals surface area contributed by atoms with Gasteiger partial charge in [0.15, 0.2) is 11.5 Å². The molecule has 0 unspecified atom stereocenters. The molecule has 1 aliphatic heterocycles. The Balaban J connectivity index is 1.31. The standard InChI is InChI=1S/C17H26N2O2/c18-15-6-3-14(4-7-15)11-19-9-1-2-13-5-8-16-17(10-13)21-12-20-16/h5,8,10,14-15,19H,1-4,6-7,9,11-12,18H2. The second-order valence-electron chi connectivity index (χ2n) is 6.28. The van der Waals surface area contributed by atoms with Crippen LogP contribution in [0.15, 0.2) is 18.2 Å². The highest BCUT2D eigenvalue weighted by atomic mass is 16.7. The lowest BCUT2D eigenvalue weighted by Crippen LogP contribution is -2.32. The number of nitrogens with one attached hydrogen (secondary N) is 1. The van der Waals surface area contributed by atoms with Crippen LogP contribution in [0.4, 0.5) is 0 Å². The molecule has 1 aromatic rings. The van der Waals surface area contributed by atoms with Crippen molar-refractivity contribution in [2.24, 2.45) is 11.7 Å². The average molecular weight is 290 g/mol. The molecule has 0 bridgehead atoms. The molecule has 4 nitrogen and oxygen atoms in total. The van der Waals surface area contributed by atoms with Crippen LogP contribution in [0.5, 0.6) is 11.5 Å². The van der Waals surface area contributed by atoms with Crippen LogP contribution in [0.1, 0.15) is 37.7 Å². The van der Waals surface area contributed by atoms with Crippen LogP contribution in [0.3, 0.4) is 0 Å². The van der Waals surface area contributed by atoms with Crippen molar-refractivity contribution in [3.8, 4) is 11.5 Å². The molecule has 0 radical (unpaired) electrons. The molecule has 0 amide bonds. The predicted molar refractivity (Wildman–Crippen MR) is 83.7 cm³/mol. The fraction of sp³-hybridized carbons (Fsp3) is 0.647. The largest absolute Gasteiger partial charge is 0.454 e. The Morgan fingerprint density at radius 1 is 1.10 bits per heavy atom. The van der Waals surface area contributed by atoms with Gasteiger partial charge in [0.2, 0.25) is 6.79 Å². The Bertz CT molecular complexity index is 456. The van der Waals surface area contributed by atoms with Crippen LogP contribution >= 0.6 is 0 Å². The number of hydrogen-bond acceptors (Lipinski definition) is 4. The third-order valence-electron chi connectivity index (χ3n) is 4.58. The van der Waals surface area contributed by atoms with Gasteiger partial charge < -0.3 is 20.5 Å². The first-order valence-electron chi connectivity index (χ1n) is 8.16. The average Bonchev–Trinajstić information content (AvgIpc) is 2.96. The zero-order chi connectivity index (χ0) is 14.5. The van der Waals surface area contributed by atoms with E-state index in [4.69, 9.17) is 15.2 Å². The summed E-state index contributed by atoms with van der Waals surface area (Å²) in [5.41, 5.74) is 7.26. The Hall–Kier alpha value is -1.26. The van der Waals surface area contributed by atoms with Crippen molar-refractivity contribution in [3.05, 3.63) is 23.8 Å². The molecule has 4 heteroatoms. The molecule has 1 aromatic carbocycles. The van der Waals surface area contributed by atoms with Gasteiger partial charge in [0, 0.05) is 6.04 Å². The van der Waals surface area contributed by atoms with Crippen LogP contribution < -0.4 is 20.5 Å². The maximum atomic E-state index is 5.94. The Morgan fingerprint density at radius 3 is 2.76 bits per heavy atom. The van der Waals surface area contributed by atoms with E-state index in [1.165, 1.54) is 31.2 Å². The number of nitrogens with two attached hydrogens (primary N) is 1. The minimum atomic E-state index is 0.353. The van der Waals surface area contributed by atoms with Crippen LogP contribution in [-0.2, 0) is 6.42 Å². The summed E-state index contributed by atoms with van der Waals surface area (Å²) in [6, 6.07) is 6.70. The first-order valence-corrected chi connectivity index (χ1v) is 8.16. The molecule has 1 fully saturated rings. The van der Waals surface area contributed by atoms with Crippen LogP contribution in [0.25, 0.3) is 0 Å². The summed E-state index contributed by atoms with van der Waals surface area (Å²) in [6.45, 7) is 2.58. The quantitative estimate of drug-likeness (QED) is 0.790. The minimum absolute atomic E-state index is 0.353. The molecule has 0 saturated heterocycles. The summed E-state index contributed by atoms with van der Waals surface area (Å²) in [5, 5.41) is 3.60. The highest BCUT2D eigenvalue weighted by molar-refractivity contribution is 5.44. The van der Waals surface area contributed by atoms with E-state index in [9.17, 15) is 0 Å². The van der Waals surface area contributed by atoms with E-state index in [1.54, 1.807) is 0 Å². The lowest BCUT2D eigenvalue weighted by Gasteiger charge is -2.26. The molecule has 0 atom stereocenters. The fourth-order valence-corrected chi connectivity index (χ4v) is 3.21. The Labute approximate surface area is 127 Å². The SMILES string of the molecule is NC1CCC(CNCCCc2ccc3c(c2)OCO3)CC1. The van der Waals surface area contributed by atoms with E-state index in [-0.39, 0.29) is 0 Å². The lowest BCUT2D eigenvalue weighted by atomic mass is 9.86. The van der Waals surface area contributed by atoms with Crippen molar-refractivity contribution in [1.82, 2.24) is 5.32 Å². The second-order valence-corrected chi connectivity index (χ2v) is 6.28. The molecule has 116 valence electrons. The summed E-state index contributed by atoms with van der Waals surface area (Å²) < 4.78 is 10.7. The molecular weight excluding hydrogens is 264 g/mol. The molecule has 2 aliphatic rings. The number of fused-ring (bicyclic) bond motifs is 1. The molecule has 1 aliphatic carbocycles. The van der Waals surface area contributed by atoms with Crippen LogP contribution in [0, 0.1) is 5.92 Å². The van der Waals surface area contributed by atoms with Crippen LogP contribution in [0.2, 0.25) is 0 Å². The number of ether oxygens (including phenoxy) is 2. The lowest BCUT2D eigenvalue weighted by molar-refractivity contribution is 0.174. The zero-order valence-electron chi connectivity index (χ0n) is 12.6. The molecule has 21 heavy (non-hydrogen) atoms. The first kappa shape index (κ1) is 14.7. The summed E-state index contributed by atoms with van der Waals surface area (Å²) in [7, 11) is 0. The van der Waals surface area contributed by atoms with E-state index in [0.29, 0.717) is 12.8 Å². The van der Waals surface area contributed by atoms with Gasteiger partial charge >= 0.3 is 0 Å². The topological polar surface area (TPSA) is 56.5 Å². The Kier molecular flexibility index (Phi) is 4.99. The van der Waals surface area contributed by atoms with Gasteiger partial charge in [-0.05, 0) is 75.2 Å². The van der Waals surface area contributed by atoms with Gasteiger partial charge in [-0.2, -0.15) is 0 Å². The maximum absolute atomic E-state index is 5.94. The normalized spacial score (nSPS) is 24.2. The second kappa shape index (κ2) is 7.14. The van der Waals surface area contributed by atoms with E-state index in [0.717, 1.165) is 43.3 Å². The summed E-state index contributed by atoms with van der Waals surface area (Å²) >= 11 is 0. The molecular formula is C17H26N2O2. The van der Waals surface area contributed by atoms with E-state index in [2.05, 4.69) is 17.4 Å². The predicted octanol–water partition coefficient (Wildman–Crippen LogP) is 2.46. The smallest absolute Gasteiger partial charge is 0.231 e. The fourth-order valence-electron chi connectivity index (χ4n) is 3.21. The monoisotopic (exact) mass is 290 g/mol. The summed E-state index contributed by atoms with van der Waals surface area (Å²) in [6.07, 6.45) is 7.21. The van der Waals surface area contributed by atoms with Gasteiger partial charge in [-0.25, -0.2) is 0 Å². The zero-order valence-corrected chi connectivity index (χ0v) is 12.6. The minimum Gasteiger partial charge on any atom is -0.454 e. The Morgan fingerprint density at radius 2 is 1.90 bits per heavy atom. The third-order valence-corrected chi connectivity index (χ3v) is 4.58. The molecule has 0 aromatic heterocycles. The van der Waals surface area contributed by atoms with E-state index in [1.807, 2.05) is 6.07 Å². The van der Waals surface area contributed by atoms with Crippen LogP contribution in [-0.4, -0.2) is 25.9 Å². The van der Waals surface area contributed by atoms with Crippen molar-refractivity contribution in [3.63, 3.8) is 0 Å². The molecule has 3 rings (SSSR count). The summed E-state index contributed by atoms with van der Waals surface area (Å²) in [4.78, 5) is 0.